The average Bonchev–Trinajstić information content (AvgIpc) is 3.13. The lowest BCUT2D eigenvalue weighted by Gasteiger charge is -2.03. The van der Waals surface area contributed by atoms with Crippen molar-refractivity contribution in [3.63, 3.8) is 0 Å². The number of furan rings is 1. The fourth-order valence-electron chi connectivity index (χ4n) is 2.10. The molecule has 0 radical (unpaired) electrons. The Morgan fingerprint density at radius 2 is 2.14 bits per heavy atom. The topological polar surface area (TPSA) is 63.5 Å². The summed E-state index contributed by atoms with van der Waals surface area (Å²) >= 11 is 1.75. The van der Waals surface area contributed by atoms with Crippen LogP contribution < -0.4 is 11.1 Å². The summed E-state index contributed by atoms with van der Waals surface area (Å²) in [5.41, 5.74) is 6.74. The van der Waals surface area contributed by atoms with Crippen molar-refractivity contribution in [1.82, 2.24) is 5.32 Å². The molecule has 0 aliphatic carbocycles. The minimum absolute atomic E-state index is 0.451. The molecule has 3 rings (SSSR count). The van der Waals surface area contributed by atoms with E-state index in [1.807, 2.05) is 30.3 Å². The molecular weight excluding hydrogens is 282 g/mol. The highest BCUT2D eigenvalue weighted by molar-refractivity contribution is 7.09. The molecule has 0 saturated carbocycles. The molecule has 2 aromatic heterocycles. The van der Waals surface area contributed by atoms with Gasteiger partial charge in [0.1, 0.15) is 17.9 Å². The van der Waals surface area contributed by atoms with E-state index in [9.17, 15) is 0 Å². The van der Waals surface area contributed by atoms with Crippen molar-refractivity contribution in [2.24, 2.45) is 10.7 Å². The first kappa shape index (κ1) is 13.7. The summed E-state index contributed by atoms with van der Waals surface area (Å²) in [6, 6.07) is 14.1. The van der Waals surface area contributed by atoms with Crippen LogP contribution >= 0.6 is 11.3 Å². The zero-order chi connectivity index (χ0) is 14.5. The molecule has 0 bridgehead atoms. The molecule has 0 amide bonds. The number of para-hydroxylation sites is 1. The minimum Gasteiger partial charge on any atom is -0.459 e. The number of aliphatic imine (C=N–C) groups is 1. The number of nitrogens with zero attached hydrogens (tertiary/aromatic N) is 1. The highest BCUT2D eigenvalue weighted by Crippen LogP contribution is 2.19. The Hall–Kier alpha value is -2.27. The van der Waals surface area contributed by atoms with Crippen LogP contribution in [0.1, 0.15) is 10.6 Å². The van der Waals surface area contributed by atoms with Gasteiger partial charge in [-0.25, -0.2) is 4.99 Å². The fourth-order valence-corrected chi connectivity index (χ4v) is 2.81. The van der Waals surface area contributed by atoms with Crippen LogP contribution in [0.4, 0.5) is 0 Å². The number of rotatable bonds is 5. The summed E-state index contributed by atoms with van der Waals surface area (Å²) < 4.78 is 5.69. The summed E-state index contributed by atoms with van der Waals surface area (Å²) in [6.07, 6.45) is 0.957. The highest BCUT2D eigenvalue weighted by Gasteiger charge is 2.02. The lowest BCUT2D eigenvalue weighted by molar-refractivity contribution is 0.552. The smallest absolute Gasteiger partial charge is 0.189 e. The predicted molar refractivity (Wildman–Crippen MR) is 87.6 cm³/mol. The molecule has 0 fully saturated rings. The number of nitrogens with one attached hydrogen (secondary N) is 1. The Kier molecular flexibility index (Phi) is 4.21. The van der Waals surface area contributed by atoms with Crippen molar-refractivity contribution in [3.05, 3.63) is 58.5 Å². The Bertz CT molecular complexity index is 698. The molecular formula is C16H17N3OS. The first-order valence-electron chi connectivity index (χ1n) is 6.85. The molecule has 1 aromatic carbocycles. The van der Waals surface area contributed by atoms with Crippen LogP contribution in [0.5, 0.6) is 0 Å². The van der Waals surface area contributed by atoms with E-state index < -0.39 is 0 Å². The molecule has 0 atom stereocenters. The van der Waals surface area contributed by atoms with E-state index in [1.165, 1.54) is 4.88 Å². The van der Waals surface area contributed by atoms with Crippen molar-refractivity contribution < 1.29 is 4.42 Å². The summed E-state index contributed by atoms with van der Waals surface area (Å²) in [5, 5.41) is 6.29. The number of nitrogens with two attached hydrogens (primary N) is 1. The molecule has 5 heteroatoms. The second kappa shape index (κ2) is 6.45. The number of benzene rings is 1. The van der Waals surface area contributed by atoms with Gasteiger partial charge in [-0.05, 0) is 30.0 Å². The number of fused-ring (bicyclic) bond motifs is 1. The van der Waals surface area contributed by atoms with Crippen molar-refractivity contribution in [1.29, 1.82) is 0 Å². The van der Waals surface area contributed by atoms with Gasteiger partial charge in [-0.3, -0.25) is 0 Å². The highest BCUT2D eigenvalue weighted by atomic mass is 32.1. The summed E-state index contributed by atoms with van der Waals surface area (Å²) in [4.78, 5) is 5.64. The Labute approximate surface area is 127 Å². The number of thiophene rings is 1. The van der Waals surface area contributed by atoms with Crippen LogP contribution in [0.15, 0.2) is 57.3 Å². The second-order valence-corrected chi connectivity index (χ2v) is 5.74. The van der Waals surface area contributed by atoms with Crippen molar-refractivity contribution in [2.45, 2.75) is 13.0 Å². The molecule has 3 aromatic rings. The van der Waals surface area contributed by atoms with Gasteiger partial charge in [-0.1, -0.05) is 24.3 Å². The van der Waals surface area contributed by atoms with Gasteiger partial charge in [-0.15, -0.1) is 11.3 Å². The van der Waals surface area contributed by atoms with E-state index in [4.69, 9.17) is 10.2 Å². The van der Waals surface area contributed by atoms with Crippen molar-refractivity contribution in [2.75, 3.05) is 6.54 Å². The zero-order valence-electron chi connectivity index (χ0n) is 11.6. The third-order valence-electron chi connectivity index (χ3n) is 3.14. The summed E-state index contributed by atoms with van der Waals surface area (Å²) in [5.74, 6) is 1.27. The molecule has 0 spiro atoms. The molecule has 0 unspecified atom stereocenters. The molecule has 3 N–H and O–H groups in total. The summed E-state index contributed by atoms with van der Waals surface area (Å²) in [7, 11) is 0. The molecule has 0 aliphatic rings. The quantitative estimate of drug-likeness (QED) is 0.562. The SMILES string of the molecule is NC(=NCc1cc2ccccc2o1)NCCc1cccs1. The Morgan fingerprint density at radius 3 is 2.95 bits per heavy atom. The lowest BCUT2D eigenvalue weighted by atomic mass is 10.2. The number of hydrogen-bond acceptors (Lipinski definition) is 3. The molecule has 21 heavy (non-hydrogen) atoms. The van der Waals surface area contributed by atoms with Gasteiger partial charge in [0.15, 0.2) is 5.96 Å². The minimum atomic E-state index is 0.451. The number of hydrogen-bond donors (Lipinski definition) is 2. The van der Waals surface area contributed by atoms with Crippen LogP contribution in [0, 0.1) is 0 Å². The first-order chi connectivity index (χ1) is 10.3. The maximum Gasteiger partial charge on any atom is 0.189 e. The normalized spacial score (nSPS) is 11.9. The van der Waals surface area contributed by atoms with Gasteiger partial charge < -0.3 is 15.5 Å². The fraction of sp³-hybridized carbons (Fsp3) is 0.188. The maximum atomic E-state index is 5.86. The van der Waals surface area contributed by atoms with Crippen LogP contribution in [0.3, 0.4) is 0 Å². The molecule has 4 nitrogen and oxygen atoms in total. The van der Waals surface area contributed by atoms with Crippen molar-refractivity contribution in [3.8, 4) is 0 Å². The van der Waals surface area contributed by atoms with Crippen LogP contribution in [-0.2, 0) is 13.0 Å². The van der Waals surface area contributed by atoms with Gasteiger partial charge >= 0.3 is 0 Å². The van der Waals surface area contributed by atoms with Gasteiger partial charge in [0.05, 0.1) is 0 Å². The zero-order valence-corrected chi connectivity index (χ0v) is 12.4. The first-order valence-corrected chi connectivity index (χ1v) is 7.73. The van der Waals surface area contributed by atoms with Crippen LogP contribution in [0.25, 0.3) is 11.0 Å². The van der Waals surface area contributed by atoms with Gasteiger partial charge in [0.2, 0.25) is 0 Å². The van der Waals surface area contributed by atoms with Crippen molar-refractivity contribution >= 4 is 28.3 Å². The van der Waals surface area contributed by atoms with E-state index in [0.717, 1.165) is 29.7 Å². The van der Waals surface area contributed by atoms with Gasteiger partial charge in [0, 0.05) is 16.8 Å². The molecule has 0 saturated heterocycles. The van der Waals surface area contributed by atoms with Crippen LogP contribution in [-0.4, -0.2) is 12.5 Å². The van der Waals surface area contributed by atoms with E-state index >= 15 is 0 Å². The Morgan fingerprint density at radius 1 is 1.24 bits per heavy atom. The van der Waals surface area contributed by atoms with Gasteiger partial charge in [-0.2, -0.15) is 0 Å². The third kappa shape index (κ3) is 3.64. The summed E-state index contributed by atoms with van der Waals surface area (Å²) in [6.45, 7) is 1.24. The largest absolute Gasteiger partial charge is 0.459 e. The average molecular weight is 299 g/mol. The third-order valence-corrected chi connectivity index (χ3v) is 4.08. The molecule has 2 heterocycles. The van der Waals surface area contributed by atoms with E-state index in [-0.39, 0.29) is 0 Å². The molecule has 0 aliphatic heterocycles. The predicted octanol–water partition coefficient (Wildman–Crippen LogP) is 3.14. The maximum absolute atomic E-state index is 5.86. The second-order valence-electron chi connectivity index (χ2n) is 4.71. The van der Waals surface area contributed by atoms with Crippen LogP contribution in [0.2, 0.25) is 0 Å². The van der Waals surface area contributed by atoms with E-state index in [2.05, 4.69) is 27.8 Å². The Balaban J connectivity index is 1.52. The lowest BCUT2D eigenvalue weighted by Crippen LogP contribution is -2.33. The monoisotopic (exact) mass is 299 g/mol. The number of guanidine groups is 1. The van der Waals surface area contributed by atoms with E-state index in [1.54, 1.807) is 11.3 Å². The standard InChI is InChI=1S/C16H17N3OS/c17-16(18-8-7-14-5-3-9-21-14)19-11-13-10-12-4-1-2-6-15(12)20-13/h1-6,9-10H,7-8,11H2,(H3,17,18,19). The molecule has 108 valence electrons. The van der Waals surface area contributed by atoms with E-state index in [0.29, 0.717) is 12.5 Å². The van der Waals surface area contributed by atoms with Gasteiger partial charge in [0.25, 0.3) is 0 Å².